The first-order valence-corrected chi connectivity index (χ1v) is 15.5. The smallest absolute Gasteiger partial charge is 0.159 e. The summed E-state index contributed by atoms with van der Waals surface area (Å²) in [5.41, 5.74) is 2.28. The van der Waals surface area contributed by atoms with Crippen LogP contribution in [0.5, 0.6) is 5.75 Å². The molecule has 1 saturated heterocycles. The highest BCUT2D eigenvalue weighted by molar-refractivity contribution is 5.55. The third-order valence-electron chi connectivity index (χ3n) is 8.31. The van der Waals surface area contributed by atoms with Crippen LogP contribution >= 0.6 is 0 Å². The van der Waals surface area contributed by atoms with Crippen LogP contribution in [0.15, 0.2) is 36.7 Å². The molecule has 1 aliphatic heterocycles. The highest BCUT2D eigenvalue weighted by Gasteiger charge is 2.38. The van der Waals surface area contributed by atoms with Crippen molar-refractivity contribution in [3.63, 3.8) is 0 Å². The molecule has 1 aromatic heterocycles. The first kappa shape index (κ1) is 28.1. The Morgan fingerprint density at radius 1 is 0.757 bits per heavy atom. The van der Waals surface area contributed by atoms with Crippen molar-refractivity contribution in [2.75, 3.05) is 6.61 Å². The van der Waals surface area contributed by atoms with Crippen molar-refractivity contribution in [1.82, 2.24) is 9.97 Å². The lowest BCUT2D eigenvalue weighted by Gasteiger charge is -2.08. The number of epoxide rings is 1. The van der Waals surface area contributed by atoms with Crippen LogP contribution in [0.4, 0.5) is 0 Å². The molecule has 2 unspecified atom stereocenters. The van der Waals surface area contributed by atoms with Gasteiger partial charge < -0.3 is 9.47 Å². The number of rotatable bonds is 19. The van der Waals surface area contributed by atoms with Crippen LogP contribution in [0, 0.1) is 5.92 Å². The van der Waals surface area contributed by atoms with E-state index in [0.29, 0.717) is 12.7 Å². The molecule has 4 nitrogen and oxygen atoms in total. The second-order valence-corrected chi connectivity index (χ2v) is 11.5. The summed E-state index contributed by atoms with van der Waals surface area (Å²) >= 11 is 0. The predicted molar refractivity (Wildman–Crippen MR) is 153 cm³/mol. The third-order valence-corrected chi connectivity index (χ3v) is 8.31. The standard InChI is InChI=1S/C33H50N2O2/c1-2-3-4-12-19-31-32(37-31)26-36-30-22-20-29(21-23-30)33-34-24-28(25-35-33)18-11-9-7-5-6-8-10-15-27-16-13-14-17-27/h20-25,27,31-32H,2-19,26H2,1H3. The van der Waals surface area contributed by atoms with Crippen molar-refractivity contribution in [2.45, 2.75) is 135 Å². The molecule has 0 N–H and O–H groups in total. The van der Waals surface area contributed by atoms with E-state index in [-0.39, 0.29) is 6.10 Å². The summed E-state index contributed by atoms with van der Waals surface area (Å²) in [5.74, 6) is 2.73. The number of ether oxygens (including phenoxy) is 2. The zero-order chi connectivity index (χ0) is 25.5. The number of aromatic nitrogens is 2. The van der Waals surface area contributed by atoms with Gasteiger partial charge in [-0.1, -0.05) is 103 Å². The van der Waals surface area contributed by atoms with E-state index in [1.165, 1.54) is 115 Å². The molecule has 2 atom stereocenters. The highest BCUT2D eigenvalue weighted by Crippen LogP contribution is 2.30. The zero-order valence-corrected chi connectivity index (χ0v) is 23.3. The minimum Gasteiger partial charge on any atom is -0.491 e. The second kappa shape index (κ2) is 16.1. The van der Waals surface area contributed by atoms with Gasteiger partial charge in [0.05, 0.1) is 6.10 Å². The molecule has 2 aliphatic rings. The Labute approximate surface area is 226 Å². The Hall–Kier alpha value is -1.94. The van der Waals surface area contributed by atoms with Crippen LogP contribution < -0.4 is 4.74 Å². The molecule has 2 fully saturated rings. The minimum atomic E-state index is 0.267. The van der Waals surface area contributed by atoms with Crippen molar-refractivity contribution in [3.05, 3.63) is 42.2 Å². The fraction of sp³-hybridized carbons (Fsp3) is 0.697. The van der Waals surface area contributed by atoms with Crippen LogP contribution in [-0.2, 0) is 11.2 Å². The summed E-state index contributed by atoms with van der Waals surface area (Å²) in [7, 11) is 0. The number of benzene rings is 1. The average molecular weight is 507 g/mol. The van der Waals surface area contributed by atoms with Gasteiger partial charge in [0.15, 0.2) is 5.82 Å². The van der Waals surface area contributed by atoms with Crippen LogP contribution in [0.25, 0.3) is 11.4 Å². The molecule has 37 heavy (non-hydrogen) atoms. The fourth-order valence-corrected chi connectivity index (χ4v) is 5.81. The van der Waals surface area contributed by atoms with Gasteiger partial charge in [-0.2, -0.15) is 0 Å². The van der Waals surface area contributed by atoms with E-state index in [0.717, 1.165) is 29.5 Å². The van der Waals surface area contributed by atoms with E-state index in [9.17, 15) is 0 Å². The Morgan fingerprint density at radius 3 is 2.14 bits per heavy atom. The Bertz CT molecular complexity index is 861. The molecule has 1 saturated carbocycles. The summed E-state index contributed by atoms with van der Waals surface area (Å²) in [5, 5.41) is 0. The topological polar surface area (TPSA) is 47.5 Å². The van der Waals surface area contributed by atoms with Crippen molar-refractivity contribution in [3.8, 4) is 17.1 Å². The normalized spacial score (nSPS) is 19.4. The lowest BCUT2D eigenvalue weighted by Crippen LogP contribution is -2.07. The van der Waals surface area contributed by atoms with Gasteiger partial charge in [0.25, 0.3) is 0 Å². The van der Waals surface area contributed by atoms with Crippen molar-refractivity contribution in [1.29, 1.82) is 0 Å². The largest absolute Gasteiger partial charge is 0.491 e. The highest BCUT2D eigenvalue weighted by atomic mass is 16.6. The van der Waals surface area contributed by atoms with Crippen molar-refractivity contribution >= 4 is 0 Å². The Kier molecular flexibility index (Phi) is 12.2. The molecule has 0 spiro atoms. The van der Waals surface area contributed by atoms with Gasteiger partial charge in [-0.15, -0.1) is 0 Å². The molecular weight excluding hydrogens is 456 g/mol. The minimum absolute atomic E-state index is 0.267. The Morgan fingerprint density at radius 2 is 1.41 bits per heavy atom. The summed E-state index contributed by atoms with van der Waals surface area (Å²) < 4.78 is 11.7. The molecule has 4 rings (SSSR count). The summed E-state index contributed by atoms with van der Waals surface area (Å²) in [6.45, 7) is 2.89. The first-order valence-electron chi connectivity index (χ1n) is 15.5. The molecule has 0 bridgehead atoms. The van der Waals surface area contributed by atoms with Gasteiger partial charge >= 0.3 is 0 Å². The lowest BCUT2D eigenvalue weighted by atomic mass is 9.99. The Balaban J connectivity index is 1.04. The van der Waals surface area contributed by atoms with Gasteiger partial charge in [0.1, 0.15) is 18.5 Å². The second-order valence-electron chi connectivity index (χ2n) is 11.5. The number of aryl methyl sites for hydroxylation is 1. The number of unbranched alkanes of at least 4 members (excludes halogenated alkanes) is 9. The van der Waals surface area contributed by atoms with Crippen LogP contribution in [0.3, 0.4) is 0 Å². The zero-order valence-electron chi connectivity index (χ0n) is 23.3. The maximum absolute atomic E-state index is 5.94. The number of nitrogens with zero attached hydrogens (tertiary/aromatic N) is 2. The number of hydrogen-bond donors (Lipinski definition) is 0. The van der Waals surface area contributed by atoms with Gasteiger partial charge in [-0.3, -0.25) is 0 Å². The van der Waals surface area contributed by atoms with Crippen LogP contribution in [0.2, 0.25) is 0 Å². The fourth-order valence-electron chi connectivity index (χ4n) is 5.81. The average Bonchev–Trinajstić information content (AvgIpc) is 3.48. The molecule has 1 aliphatic carbocycles. The molecule has 0 radical (unpaired) electrons. The quantitative estimate of drug-likeness (QED) is 0.141. The van der Waals surface area contributed by atoms with E-state index >= 15 is 0 Å². The summed E-state index contributed by atoms with van der Waals surface area (Å²) in [6, 6.07) is 8.13. The molecule has 2 aromatic rings. The van der Waals surface area contributed by atoms with E-state index in [2.05, 4.69) is 16.9 Å². The SMILES string of the molecule is CCCCCCC1OC1COc1ccc(-c2ncc(CCCCCCCCCC3CCCC3)cn2)cc1. The monoisotopic (exact) mass is 506 g/mol. The predicted octanol–water partition coefficient (Wildman–Crippen LogP) is 9.11. The maximum atomic E-state index is 5.94. The van der Waals surface area contributed by atoms with Gasteiger partial charge in [0.2, 0.25) is 0 Å². The van der Waals surface area contributed by atoms with Crippen LogP contribution in [0.1, 0.15) is 122 Å². The van der Waals surface area contributed by atoms with Gasteiger partial charge in [-0.05, 0) is 55.0 Å². The summed E-state index contributed by atoms with van der Waals surface area (Å²) in [6.07, 6.45) is 29.2. The van der Waals surface area contributed by atoms with E-state index < -0.39 is 0 Å². The third kappa shape index (κ3) is 10.4. The molecule has 1 aromatic carbocycles. The van der Waals surface area contributed by atoms with E-state index in [4.69, 9.17) is 9.47 Å². The number of hydrogen-bond acceptors (Lipinski definition) is 4. The maximum Gasteiger partial charge on any atom is 0.159 e. The van der Waals surface area contributed by atoms with Crippen molar-refractivity contribution < 1.29 is 9.47 Å². The molecule has 2 heterocycles. The summed E-state index contributed by atoms with van der Waals surface area (Å²) in [4.78, 5) is 9.25. The first-order chi connectivity index (χ1) is 18.3. The van der Waals surface area contributed by atoms with E-state index in [1.54, 1.807) is 0 Å². The van der Waals surface area contributed by atoms with Gasteiger partial charge in [-0.25, -0.2) is 9.97 Å². The lowest BCUT2D eigenvalue weighted by molar-refractivity contribution is 0.259. The van der Waals surface area contributed by atoms with Gasteiger partial charge in [0, 0.05) is 18.0 Å². The molecule has 204 valence electrons. The van der Waals surface area contributed by atoms with E-state index in [1.807, 2.05) is 36.7 Å². The molecule has 0 amide bonds. The van der Waals surface area contributed by atoms with Crippen LogP contribution in [-0.4, -0.2) is 28.8 Å². The van der Waals surface area contributed by atoms with Crippen molar-refractivity contribution in [2.24, 2.45) is 5.92 Å². The molecular formula is C33H50N2O2. The molecule has 4 heteroatoms.